The van der Waals surface area contributed by atoms with Crippen LogP contribution >= 0.6 is 15.9 Å². The zero-order valence-corrected chi connectivity index (χ0v) is 9.45. The summed E-state index contributed by atoms with van der Waals surface area (Å²) in [4.78, 5) is 8.28. The van der Waals surface area contributed by atoms with Gasteiger partial charge in [0.1, 0.15) is 16.5 Å². The second-order valence-electron chi connectivity index (χ2n) is 3.18. The Bertz CT molecular complexity index is 306. The maximum Gasteiger partial charge on any atom is 0.218 e. The summed E-state index contributed by atoms with van der Waals surface area (Å²) in [5, 5.41) is 0. The molecule has 5 heteroatoms. The van der Waals surface area contributed by atoms with E-state index < -0.39 is 0 Å². The Morgan fingerprint density at radius 1 is 1.57 bits per heavy atom. The van der Waals surface area contributed by atoms with Gasteiger partial charge in [-0.3, -0.25) is 0 Å². The topological polar surface area (TPSA) is 44.2 Å². The molecule has 0 saturated carbocycles. The Morgan fingerprint density at radius 2 is 2.43 bits per heavy atom. The minimum Gasteiger partial charge on any atom is -0.472 e. The first-order chi connectivity index (χ1) is 6.74. The van der Waals surface area contributed by atoms with Crippen molar-refractivity contribution in [1.82, 2.24) is 9.97 Å². The van der Waals surface area contributed by atoms with Gasteiger partial charge in [-0.05, 0) is 22.9 Å². The molecule has 0 aliphatic carbocycles. The van der Waals surface area contributed by atoms with Crippen molar-refractivity contribution in [2.75, 3.05) is 13.2 Å². The molecule has 0 amide bonds. The van der Waals surface area contributed by atoms with Gasteiger partial charge in [0.15, 0.2) is 0 Å². The van der Waals surface area contributed by atoms with Gasteiger partial charge in [-0.2, -0.15) is 4.98 Å². The minimum absolute atomic E-state index is 0.135. The number of nitrogens with zero attached hydrogens (tertiary/aromatic N) is 2. The second-order valence-corrected chi connectivity index (χ2v) is 3.99. The summed E-state index contributed by atoms with van der Waals surface area (Å²) in [5.74, 6) is 1.31. The van der Waals surface area contributed by atoms with E-state index in [2.05, 4.69) is 25.9 Å². The highest BCUT2D eigenvalue weighted by molar-refractivity contribution is 9.10. The van der Waals surface area contributed by atoms with Gasteiger partial charge in [0, 0.05) is 12.5 Å². The van der Waals surface area contributed by atoms with Gasteiger partial charge in [-0.1, -0.05) is 0 Å². The predicted octanol–water partition coefficient (Wildman–Crippen LogP) is 1.72. The van der Waals surface area contributed by atoms with Gasteiger partial charge < -0.3 is 9.47 Å². The molecule has 4 nitrogen and oxygen atoms in total. The monoisotopic (exact) mass is 258 g/mol. The molecule has 76 valence electrons. The van der Waals surface area contributed by atoms with Gasteiger partial charge >= 0.3 is 0 Å². The molecule has 1 saturated heterocycles. The molecule has 2 rings (SSSR count). The minimum atomic E-state index is 0.135. The summed E-state index contributed by atoms with van der Waals surface area (Å²) in [6, 6.07) is 1.77. The van der Waals surface area contributed by atoms with Crippen LogP contribution in [0.4, 0.5) is 0 Å². The molecule has 2 heterocycles. The molecule has 1 unspecified atom stereocenters. The molecule has 0 bridgehead atoms. The molecule has 0 aromatic carbocycles. The van der Waals surface area contributed by atoms with Crippen molar-refractivity contribution in [3.63, 3.8) is 0 Å². The van der Waals surface area contributed by atoms with E-state index >= 15 is 0 Å². The fraction of sp³-hybridized carbons (Fsp3) is 0.556. The van der Waals surface area contributed by atoms with Crippen molar-refractivity contribution in [3.05, 3.63) is 16.5 Å². The fourth-order valence-electron chi connectivity index (χ4n) is 1.34. The van der Waals surface area contributed by atoms with Gasteiger partial charge in [0.25, 0.3) is 0 Å². The predicted molar refractivity (Wildman–Crippen MR) is 54.3 cm³/mol. The van der Waals surface area contributed by atoms with Gasteiger partial charge in [0.05, 0.1) is 13.2 Å². The molecular formula is C9H11BrN2O2. The number of hydrogen-bond donors (Lipinski definition) is 0. The van der Waals surface area contributed by atoms with Crippen molar-refractivity contribution in [1.29, 1.82) is 0 Å². The third-order valence-corrected chi connectivity index (χ3v) is 2.36. The van der Waals surface area contributed by atoms with Crippen LogP contribution in [0, 0.1) is 6.92 Å². The van der Waals surface area contributed by atoms with Gasteiger partial charge in [-0.25, -0.2) is 4.98 Å². The lowest BCUT2D eigenvalue weighted by molar-refractivity contribution is 0.137. The summed E-state index contributed by atoms with van der Waals surface area (Å²) in [6.07, 6.45) is 1.07. The largest absolute Gasteiger partial charge is 0.472 e. The van der Waals surface area contributed by atoms with E-state index in [1.807, 2.05) is 6.92 Å². The Morgan fingerprint density at radius 3 is 3.07 bits per heavy atom. The SMILES string of the molecule is Cc1nc(Br)cc(OC2CCOC2)n1. The molecule has 0 spiro atoms. The first-order valence-electron chi connectivity index (χ1n) is 4.49. The van der Waals surface area contributed by atoms with Crippen LogP contribution in [0.25, 0.3) is 0 Å². The van der Waals surface area contributed by atoms with Crippen molar-refractivity contribution in [3.8, 4) is 5.88 Å². The fourth-order valence-corrected chi connectivity index (χ4v) is 1.79. The number of halogens is 1. The van der Waals surface area contributed by atoms with E-state index in [-0.39, 0.29) is 6.10 Å². The van der Waals surface area contributed by atoms with Crippen LogP contribution < -0.4 is 4.74 Å². The van der Waals surface area contributed by atoms with E-state index in [0.717, 1.165) is 17.6 Å². The smallest absolute Gasteiger partial charge is 0.218 e. The first kappa shape index (κ1) is 9.86. The zero-order valence-electron chi connectivity index (χ0n) is 7.86. The Hall–Kier alpha value is -0.680. The number of rotatable bonds is 2. The molecule has 1 aromatic rings. The van der Waals surface area contributed by atoms with E-state index in [4.69, 9.17) is 9.47 Å². The molecule has 0 N–H and O–H groups in total. The number of hydrogen-bond acceptors (Lipinski definition) is 4. The molecular weight excluding hydrogens is 248 g/mol. The normalized spacial score (nSPS) is 21.1. The van der Waals surface area contributed by atoms with Gasteiger partial charge in [-0.15, -0.1) is 0 Å². The molecule has 1 aliphatic heterocycles. The first-order valence-corrected chi connectivity index (χ1v) is 5.29. The summed E-state index contributed by atoms with van der Waals surface area (Å²) in [7, 11) is 0. The molecule has 1 aliphatic rings. The van der Waals surface area contributed by atoms with E-state index in [0.29, 0.717) is 18.3 Å². The zero-order chi connectivity index (χ0) is 9.97. The maximum atomic E-state index is 5.63. The lowest BCUT2D eigenvalue weighted by Gasteiger charge is -2.10. The number of aryl methyl sites for hydroxylation is 1. The Kier molecular flexibility index (Phi) is 2.98. The summed E-state index contributed by atoms with van der Waals surface area (Å²) in [5.41, 5.74) is 0. The molecule has 1 atom stereocenters. The third kappa shape index (κ3) is 2.42. The average Bonchev–Trinajstić information content (AvgIpc) is 2.54. The third-order valence-electron chi connectivity index (χ3n) is 1.96. The van der Waals surface area contributed by atoms with Crippen molar-refractivity contribution >= 4 is 15.9 Å². The Labute approximate surface area is 90.8 Å². The average molecular weight is 259 g/mol. The molecule has 0 radical (unpaired) electrons. The highest BCUT2D eigenvalue weighted by Crippen LogP contribution is 2.17. The number of ether oxygens (including phenoxy) is 2. The van der Waals surface area contributed by atoms with Crippen LogP contribution in [0.3, 0.4) is 0 Å². The van der Waals surface area contributed by atoms with Crippen LogP contribution in [0.5, 0.6) is 5.88 Å². The molecule has 14 heavy (non-hydrogen) atoms. The van der Waals surface area contributed by atoms with Crippen molar-refractivity contribution in [2.24, 2.45) is 0 Å². The van der Waals surface area contributed by atoms with Crippen LogP contribution in [-0.2, 0) is 4.74 Å². The summed E-state index contributed by atoms with van der Waals surface area (Å²) >= 11 is 3.30. The van der Waals surface area contributed by atoms with E-state index in [1.54, 1.807) is 6.07 Å². The van der Waals surface area contributed by atoms with Crippen LogP contribution in [-0.4, -0.2) is 29.3 Å². The lowest BCUT2D eigenvalue weighted by Crippen LogP contribution is -2.16. The van der Waals surface area contributed by atoms with Crippen molar-refractivity contribution < 1.29 is 9.47 Å². The van der Waals surface area contributed by atoms with E-state index in [9.17, 15) is 0 Å². The summed E-state index contributed by atoms with van der Waals surface area (Å²) < 4.78 is 11.6. The molecule has 1 aromatic heterocycles. The molecule has 1 fully saturated rings. The lowest BCUT2D eigenvalue weighted by atomic mass is 10.3. The van der Waals surface area contributed by atoms with Crippen LogP contribution in [0.2, 0.25) is 0 Å². The second kappa shape index (κ2) is 4.23. The number of aromatic nitrogens is 2. The standard InChI is InChI=1S/C9H11BrN2O2/c1-6-11-8(10)4-9(12-6)14-7-2-3-13-5-7/h4,7H,2-3,5H2,1H3. The van der Waals surface area contributed by atoms with E-state index in [1.165, 1.54) is 0 Å². The highest BCUT2D eigenvalue weighted by Gasteiger charge is 2.17. The van der Waals surface area contributed by atoms with Crippen LogP contribution in [0.15, 0.2) is 10.7 Å². The summed E-state index contributed by atoms with van der Waals surface area (Å²) in [6.45, 7) is 3.26. The highest BCUT2D eigenvalue weighted by atomic mass is 79.9. The van der Waals surface area contributed by atoms with Crippen molar-refractivity contribution in [2.45, 2.75) is 19.4 Å². The maximum absolute atomic E-state index is 5.63. The Balaban J connectivity index is 2.07. The van der Waals surface area contributed by atoms with Gasteiger partial charge in [0.2, 0.25) is 5.88 Å². The quantitative estimate of drug-likeness (QED) is 0.758. The van der Waals surface area contributed by atoms with Crippen LogP contribution in [0.1, 0.15) is 12.2 Å².